The normalized spacial score (nSPS) is 11.9. The van der Waals surface area contributed by atoms with Crippen LogP contribution in [0, 0.1) is 0 Å². The molecule has 0 spiro atoms. The second-order valence-corrected chi connectivity index (χ2v) is 4.42. The molecular formula is C14H12ClNO4. The number of halogens is 1. The van der Waals surface area contributed by atoms with Gasteiger partial charge in [-0.25, -0.2) is 4.79 Å². The van der Waals surface area contributed by atoms with Gasteiger partial charge in [0.25, 0.3) is 0 Å². The van der Waals surface area contributed by atoms with Gasteiger partial charge >= 0.3 is 5.97 Å². The molecule has 0 fully saturated rings. The van der Waals surface area contributed by atoms with Crippen LogP contribution in [0.1, 0.15) is 11.9 Å². The second kappa shape index (κ2) is 5.90. The number of rotatable bonds is 4. The van der Waals surface area contributed by atoms with E-state index < -0.39 is 12.1 Å². The summed E-state index contributed by atoms with van der Waals surface area (Å²) in [6, 6.07) is 8.58. The topological polar surface area (TPSA) is 72.6 Å². The molecular weight excluding hydrogens is 282 g/mol. The zero-order chi connectivity index (χ0) is 14.7. The van der Waals surface area contributed by atoms with Crippen LogP contribution >= 0.6 is 11.6 Å². The van der Waals surface area contributed by atoms with Crippen LogP contribution in [0.3, 0.4) is 0 Å². The molecule has 5 nitrogen and oxygen atoms in total. The monoisotopic (exact) mass is 293 g/mol. The lowest BCUT2D eigenvalue weighted by molar-refractivity contribution is -0.137. The SMILES string of the molecule is C=C(C(=O)OC)C(O)c1cc(-c2ccccc2Cl)no1. The van der Waals surface area contributed by atoms with Crippen molar-refractivity contribution in [3.63, 3.8) is 0 Å². The standard InChI is InChI=1S/C14H12ClNO4/c1-8(14(18)19-2)13(17)12-7-11(16-20-12)9-5-3-4-6-10(9)15/h3-7,13,17H,1H2,2H3. The predicted octanol–water partition coefficient (Wildman–Crippen LogP) is 2.76. The van der Waals surface area contributed by atoms with Crippen molar-refractivity contribution in [2.75, 3.05) is 7.11 Å². The maximum atomic E-state index is 11.3. The average Bonchev–Trinajstić information content (AvgIpc) is 2.94. The highest BCUT2D eigenvalue weighted by atomic mass is 35.5. The van der Waals surface area contributed by atoms with E-state index in [1.165, 1.54) is 13.2 Å². The molecule has 1 unspecified atom stereocenters. The third kappa shape index (κ3) is 2.74. The van der Waals surface area contributed by atoms with Gasteiger partial charge in [-0.3, -0.25) is 0 Å². The maximum Gasteiger partial charge on any atom is 0.336 e. The summed E-state index contributed by atoms with van der Waals surface area (Å²) in [6.07, 6.45) is -1.31. The van der Waals surface area contributed by atoms with Gasteiger partial charge in [0.2, 0.25) is 0 Å². The van der Waals surface area contributed by atoms with Crippen molar-refractivity contribution in [3.05, 3.63) is 53.3 Å². The summed E-state index contributed by atoms with van der Waals surface area (Å²) in [7, 11) is 1.20. The van der Waals surface area contributed by atoms with Crippen LogP contribution in [0.15, 0.2) is 47.0 Å². The first kappa shape index (κ1) is 14.3. The van der Waals surface area contributed by atoms with Gasteiger partial charge in [0, 0.05) is 11.6 Å². The first-order valence-electron chi connectivity index (χ1n) is 5.71. The number of carbonyl (C=O) groups is 1. The predicted molar refractivity (Wildman–Crippen MR) is 73.1 cm³/mol. The van der Waals surface area contributed by atoms with E-state index in [1.54, 1.807) is 24.3 Å². The molecule has 0 amide bonds. The summed E-state index contributed by atoms with van der Waals surface area (Å²) in [5.74, 6) is -0.622. The smallest absolute Gasteiger partial charge is 0.336 e. The largest absolute Gasteiger partial charge is 0.466 e. The molecule has 20 heavy (non-hydrogen) atoms. The zero-order valence-corrected chi connectivity index (χ0v) is 11.4. The number of methoxy groups -OCH3 is 1. The van der Waals surface area contributed by atoms with Gasteiger partial charge in [-0.2, -0.15) is 0 Å². The van der Waals surface area contributed by atoms with E-state index in [0.717, 1.165) is 0 Å². The van der Waals surface area contributed by atoms with Crippen molar-refractivity contribution in [2.24, 2.45) is 0 Å². The van der Waals surface area contributed by atoms with Gasteiger partial charge in [-0.1, -0.05) is 41.5 Å². The Kier molecular flexibility index (Phi) is 4.22. The van der Waals surface area contributed by atoms with E-state index in [0.29, 0.717) is 16.3 Å². The number of benzene rings is 1. The molecule has 104 valence electrons. The first-order valence-corrected chi connectivity index (χ1v) is 6.09. The molecule has 2 rings (SSSR count). The quantitative estimate of drug-likeness (QED) is 0.693. The van der Waals surface area contributed by atoms with Crippen LogP contribution in [-0.4, -0.2) is 23.3 Å². The minimum absolute atomic E-state index is 0.0929. The van der Waals surface area contributed by atoms with Gasteiger partial charge in [-0.05, 0) is 6.07 Å². The first-order chi connectivity index (χ1) is 9.54. The molecule has 0 bridgehead atoms. The number of esters is 1. The Morgan fingerprint density at radius 1 is 1.50 bits per heavy atom. The lowest BCUT2D eigenvalue weighted by Gasteiger charge is -2.07. The Morgan fingerprint density at radius 2 is 2.20 bits per heavy atom. The molecule has 1 aromatic carbocycles. The van der Waals surface area contributed by atoms with Crippen LogP contribution in [0.2, 0.25) is 5.02 Å². The van der Waals surface area contributed by atoms with Crippen LogP contribution in [-0.2, 0) is 9.53 Å². The van der Waals surface area contributed by atoms with Crippen LogP contribution in [0.4, 0.5) is 0 Å². The number of hydrogen-bond donors (Lipinski definition) is 1. The van der Waals surface area contributed by atoms with Crippen molar-refractivity contribution < 1.29 is 19.2 Å². The molecule has 2 aromatic rings. The number of aliphatic hydroxyl groups excluding tert-OH is 1. The summed E-state index contributed by atoms with van der Waals surface area (Å²) >= 11 is 6.05. The number of carbonyl (C=O) groups excluding carboxylic acids is 1. The minimum atomic E-state index is -1.31. The van der Waals surface area contributed by atoms with E-state index in [4.69, 9.17) is 16.1 Å². The molecule has 1 atom stereocenters. The van der Waals surface area contributed by atoms with Crippen molar-refractivity contribution in [1.29, 1.82) is 0 Å². The molecule has 1 aromatic heterocycles. The van der Waals surface area contributed by atoms with Crippen molar-refractivity contribution in [3.8, 4) is 11.3 Å². The summed E-state index contributed by atoms with van der Waals surface area (Å²) in [6.45, 7) is 3.46. The molecule has 0 aliphatic carbocycles. The molecule has 6 heteroatoms. The lowest BCUT2D eigenvalue weighted by atomic mass is 10.1. The minimum Gasteiger partial charge on any atom is -0.466 e. The van der Waals surface area contributed by atoms with Gasteiger partial charge in [0.1, 0.15) is 11.8 Å². The van der Waals surface area contributed by atoms with E-state index in [1.807, 2.05) is 0 Å². The Balaban J connectivity index is 2.28. The van der Waals surface area contributed by atoms with Crippen LogP contribution in [0.5, 0.6) is 0 Å². The number of nitrogens with zero attached hydrogens (tertiary/aromatic N) is 1. The Hall–Kier alpha value is -2.11. The highest BCUT2D eigenvalue weighted by Crippen LogP contribution is 2.30. The average molecular weight is 294 g/mol. The van der Waals surface area contributed by atoms with E-state index in [9.17, 15) is 9.90 Å². The summed E-state index contributed by atoms with van der Waals surface area (Å²) in [4.78, 5) is 11.3. The molecule has 0 saturated carbocycles. The van der Waals surface area contributed by atoms with Gasteiger partial charge in [0.05, 0.1) is 17.7 Å². The summed E-state index contributed by atoms with van der Waals surface area (Å²) in [5, 5.41) is 14.3. The molecule has 0 aliphatic rings. The lowest BCUT2D eigenvalue weighted by Crippen LogP contribution is -2.11. The molecule has 1 heterocycles. The molecule has 0 aliphatic heterocycles. The van der Waals surface area contributed by atoms with Crippen molar-refractivity contribution in [1.82, 2.24) is 5.16 Å². The highest BCUT2D eigenvalue weighted by Gasteiger charge is 2.23. The maximum absolute atomic E-state index is 11.3. The summed E-state index contributed by atoms with van der Waals surface area (Å²) in [5.41, 5.74) is 0.997. The number of aliphatic hydroxyl groups is 1. The summed E-state index contributed by atoms with van der Waals surface area (Å²) < 4.78 is 9.51. The van der Waals surface area contributed by atoms with Gasteiger partial charge < -0.3 is 14.4 Å². The van der Waals surface area contributed by atoms with E-state index in [-0.39, 0.29) is 11.3 Å². The fourth-order valence-electron chi connectivity index (χ4n) is 1.63. The number of ether oxygens (including phenoxy) is 1. The third-order valence-corrected chi connectivity index (χ3v) is 3.05. The third-order valence-electron chi connectivity index (χ3n) is 2.73. The molecule has 1 N–H and O–H groups in total. The van der Waals surface area contributed by atoms with Crippen molar-refractivity contribution in [2.45, 2.75) is 6.10 Å². The fraction of sp³-hybridized carbons (Fsp3) is 0.143. The molecule has 0 saturated heterocycles. The van der Waals surface area contributed by atoms with Crippen LogP contribution in [0.25, 0.3) is 11.3 Å². The van der Waals surface area contributed by atoms with Crippen molar-refractivity contribution >= 4 is 17.6 Å². The van der Waals surface area contributed by atoms with Crippen LogP contribution < -0.4 is 0 Å². The zero-order valence-electron chi connectivity index (χ0n) is 10.7. The fourth-order valence-corrected chi connectivity index (χ4v) is 1.86. The van der Waals surface area contributed by atoms with Gasteiger partial charge in [-0.15, -0.1) is 0 Å². The van der Waals surface area contributed by atoms with Gasteiger partial charge in [0.15, 0.2) is 5.76 Å². The Labute approximate surface area is 120 Å². The van der Waals surface area contributed by atoms with E-state index in [2.05, 4.69) is 16.5 Å². The Bertz CT molecular complexity index is 650. The second-order valence-electron chi connectivity index (χ2n) is 4.01. The highest BCUT2D eigenvalue weighted by molar-refractivity contribution is 6.33. The van der Waals surface area contributed by atoms with E-state index >= 15 is 0 Å². The Morgan fingerprint density at radius 3 is 2.85 bits per heavy atom. The number of aromatic nitrogens is 1. The molecule has 0 radical (unpaired) electrons. The number of hydrogen-bond acceptors (Lipinski definition) is 5.